The molecule has 12 aromatic rings. The van der Waals surface area contributed by atoms with Crippen molar-refractivity contribution < 1.29 is 0 Å². The minimum Gasteiger partial charge on any atom is -0.311 e. The third kappa shape index (κ3) is 7.21. The number of nitrogens with zero attached hydrogens (tertiary/aromatic N) is 4. The predicted octanol–water partition coefficient (Wildman–Crippen LogP) is 19.4. The lowest BCUT2D eigenvalue weighted by Crippen LogP contribution is -2.62. The van der Waals surface area contributed by atoms with E-state index in [1.807, 2.05) is 11.3 Å². The fourth-order valence-electron chi connectivity index (χ4n) is 14.1. The van der Waals surface area contributed by atoms with E-state index in [9.17, 15) is 0 Å². The van der Waals surface area contributed by atoms with Crippen molar-refractivity contribution in [3.05, 3.63) is 185 Å². The van der Waals surface area contributed by atoms with Gasteiger partial charge >= 0.3 is 0 Å². The van der Waals surface area contributed by atoms with Crippen LogP contribution in [0.5, 0.6) is 0 Å². The number of fused-ring (bicyclic) bond motifs is 15. The van der Waals surface area contributed by atoms with Gasteiger partial charge in [-0.05, 0) is 181 Å². The van der Waals surface area contributed by atoms with Crippen molar-refractivity contribution in [2.75, 3.05) is 9.80 Å². The summed E-state index contributed by atoms with van der Waals surface area (Å²) in [5, 5.41) is 7.83. The standard InChI is InChI=1S/C75H73BN4S/c1-42-32-61-68-62(33-42)80-63-39-46(74(11,12)13)37-53-52-36-45(73(8,9)10)26-31-58(52)79(69(53)63)64-40-47(75(14,15)16)38-55(70(64)80)76(68)54-28-27-48(41-60(54)78(61)59-21-19-23-66-67(59)49-20-17-18-22-65(49)81-66)77-56-29-24-43(71(2,3)4)34-50(56)51-35-44(72(5,6)7)25-30-57(51)77/h17-41H,1-16H3. The minimum atomic E-state index is -0.135. The van der Waals surface area contributed by atoms with Crippen molar-refractivity contribution in [3.8, 4) is 11.4 Å². The van der Waals surface area contributed by atoms with E-state index in [2.05, 4.69) is 281 Å². The second kappa shape index (κ2) is 16.3. The third-order valence-corrected chi connectivity index (χ3v) is 19.7. The molecule has 0 fully saturated rings. The molecule has 0 saturated heterocycles. The number of aromatic nitrogens is 2. The molecule has 0 atom stereocenters. The normalized spacial score (nSPS) is 14.3. The highest BCUT2D eigenvalue weighted by molar-refractivity contribution is 7.26. The number of rotatable bonds is 2. The maximum absolute atomic E-state index is 2.72. The van der Waals surface area contributed by atoms with Crippen LogP contribution in [0.15, 0.2) is 152 Å². The fraction of sp³-hybridized carbons (Fsp3) is 0.280. The van der Waals surface area contributed by atoms with E-state index in [0.29, 0.717) is 0 Å². The smallest absolute Gasteiger partial charge is 0.252 e. The van der Waals surface area contributed by atoms with Gasteiger partial charge in [-0.15, -0.1) is 11.3 Å². The molecule has 81 heavy (non-hydrogen) atoms. The predicted molar refractivity (Wildman–Crippen MR) is 354 cm³/mol. The molecule has 3 aliphatic rings. The largest absolute Gasteiger partial charge is 0.311 e. The van der Waals surface area contributed by atoms with Gasteiger partial charge in [0.1, 0.15) is 0 Å². The molecule has 15 rings (SSSR count). The Balaban J connectivity index is 1.09. The van der Waals surface area contributed by atoms with Crippen LogP contribution in [0.1, 0.15) is 137 Å². The van der Waals surface area contributed by atoms with Crippen LogP contribution < -0.4 is 26.2 Å². The molecule has 0 saturated carbocycles. The molecular weight excluding hydrogens is 1000 g/mol. The number of anilines is 6. The lowest BCUT2D eigenvalue weighted by Gasteiger charge is -2.47. The summed E-state index contributed by atoms with van der Waals surface area (Å²) in [5.41, 5.74) is 26.7. The first-order chi connectivity index (χ1) is 38.2. The lowest BCUT2D eigenvalue weighted by molar-refractivity contribution is 0.590. The Labute approximate surface area is 482 Å². The molecule has 0 amide bonds. The van der Waals surface area contributed by atoms with Crippen molar-refractivity contribution in [2.24, 2.45) is 0 Å². The maximum atomic E-state index is 2.72. The summed E-state index contributed by atoms with van der Waals surface area (Å²) < 4.78 is 7.82. The van der Waals surface area contributed by atoms with E-state index < -0.39 is 0 Å². The van der Waals surface area contributed by atoms with Crippen LogP contribution in [0, 0.1) is 6.92 Å². The summed E-state index contributed by atoms with van der Waals surface area (Å²) in [6.07, 6.45) is 0. The Hall–Kier alpha value is -7.54. The zero-order valence-electron chi connectivity index (χ0n) is 50.2. The number of hydrogen-bond acceptors (Lipinski definition) is 3. The SMILES string of the molecule is Cc1cc2c3c(c1)N1c4c(cc(C(C)(C)C)cc4-n4c5ccc(C(C)(C)C)cc5c5cc(C(C)(C)C)cc1c54)B3c1ccc(-n3c4ccc(C(C)(C)C)cc4c4cc(C(C)(C)C)ccc43)cc1N2c1cccc2sc3ccccc3c12. The molecule has 3 aliphatic heterocycles. The Kier molecular flexibility index (Phi) is 10.2. The van der Waals surface area contributed by atoms with Gasteiger partial charge in [-0.2, -0.15) is 0 Å². The monoisotopic (exact) mass is 1070 g/mol. The van der Waals surface area contributed by atoms with E-state index in [4.69, 9.17) is 0 Å². The van der Waals surface area contributed by atoms with Crippen molar-refractivity contribution in [1.82, 2.24) is 9.13 Å². The average Bonchev–Trinajstić information content (AvgIpc) is 2.68. The van der Waals surface area contributed by atoms with Crippen LogP contribution in [0.3, 0.4) is 0 Å². The van der Waals surface area contributed by atoms with Crippen LogP contribution in [0.2, 0.25) is 0 Å². The van der Waals surface area contributed by atoms with Gasteiger partial charge in [0.05, 0.1) is 44.8 Å². The van der Waals surface area contributed by atoms with Crippen LogP contribution in [-0.2, 0) is 27.1 Å². The molecule has 402 valence electrons. The zero-order chi connectivity index (χ0) is 56.5. The Bertz CT molecular complexity index is 4680. The Morgan fingerprint density at radius 3 is 1.48 bits per heavy atom. The van der Waals surface area contributed by atoms with E-state index in [-0.39, 0.29) is 33.8 Å². The summed E-state index contributed by atoms with van der Waals surface area (Å²) in [7, 11) is 0. The lowest BCUT2D eigenvalue weighted by atomic mass is 9.33. The van der Waals surface area contributed by atoms with Crippen molar-refractivity contribution >= 4 is 132 Å². The number of benzene rings is 9. The third-order valence-electron chi connectivity index (χ3n) is 18.6. The van der Waals surface area contributed by atoms with Gasteiger partial charge in [0, 0.05) is 64.5 Å². The highest BCUT2D eigenvalue weighted by Crippen LogP contribution is 2.56. The Morgan fingerprint density at radius 2 is 0.877 bits per heavy atom. The molecule has 4 nitrogen and oxygen atoms in total. The number of thiophene rings is 1. The van der Waals surface area contributed by atoms with E-state index in [1.165, 1.54) is 153 Å². The topological polar surface area (TPSA) is 16.3 Å². The number of aryl methyl sites for hydroxylation is 1. The van der Waals surface area contributed by atoms with Crippen molar-refractivity contribution in [3.63, 3.8) is 0 Å². The molecule has 3 aromatic heterocycles. The molecule has 6 heterocycles. The summed E-state index contributed by atoms with van der Waals surface area (Å²) in [6.45, 7) is 37.6. The van der Waals surface area contributed by atoms with Gasteiger partial charge in [-0.3, -0.25) is 0 Å². The highest BCUT2D eigenvalue weighted by Gasteiger charge is 2.48. The Morgan fingerprint density at radius 1 is 0.358 bits per heavy atom. The van der Waals surface area contributed by atoms with Crippen LogP contribution in [0.25, 0.3) is 75.2 Å². The van der Waals surface area contributed by atoms with Crippen LogP contribution >= 0.6 is 11.3 Å². The molecule has 6 heteroatoms. The van der Waals surface area contributed by atoms with Crippen molar-refractivity contribution in [1.29, 1.82) is 0 Å². The van der Waals surface area contributed by atoms with E-state index in [1.54, 1.807) is 0 Å². The summed E-state index contributed by atoms with van der Waals surface area (Å²) in [4.78, 5) is 5.40. The second-order valence-corrected chi connectivity index (χ2v) is 30.3. The molecule has 0 spiro atoms. The van der Waals surface area contributed by atoms with Gasteiger partial charge in [0.25, 0.3) is 6.71 Å². The zero-order valence-corrected chi connectivity index (χ0v) is 51.0. The second-order valence-electron chi connectivity index (χ2n) is 29.3. The van der Waals surface area contributed by atoms with Crippen LogP contribution in [0.4, 0.5) is 34.1 Å². The molecular formula is C75H73BN4S. The highest BCUT2D eigenvalue weighted by atomic mass is 32.1. The van der Waals surface area contributed by atoms with Gasteiger partial charge < -0.3 is 18.9 Å². The van der Waals surface area contributed by atoms with Crippen molar-refractivity contribution in [2.45, 2.75) is 138 Å². The molecule has 0 bridgehead atoms. The quantitative estimate of drug-likeness (QED) is 0.160. The van der Waals surface area contributed by atoms with Gasteiger partial charge in [-0.25, -0.2) is 0 Å². The molecule has 0 N–H and O–H groups in total. The molecule has 0 unspecified atom stereocenters. The van der Waals surface area contributed by atoms with E-state index >= 15 is 0 Å². The van der Waals surface area contributed by atoms with Crippen LogP contribution in [-0.4, -0.2) is 15.8 Å². The average molecular weight is 1070 g/mol. The fourth-order valence-corrected chi connectivity index (χ4v) is 15.2. The summed E-state index contributed by atoms with van der Waals surface area (Å²) in [5.74, 6) is 0. The summed E-state index contributed by atoms with van der Waals surface area (Å²) >= 11 is 1.90. The van der Waals surface area contributed by atoms with E-state index in [0.717, 1.165) is 5.69 Å². The van der Waals surface area contributed by atoms with Gasteiger partial charge in [-0.1, -0.05) is 158 Å². The minimum absolute atomic E-state index is 0.0000539. The maximum Gasteiger partial charge on any atom is 0.252 e. The molecule has 0 radical (unpaired) electrons. The molecule has 0 aliphatic carbocycles. The first-order valence-corrected chi connectivity index (χ1v) is 30.3. The molecule has 9 aromatic carbocycles. The summed E-state index contributed by atoms with van der Waals surface area (Å²) in [6, 6.07) is 60.6. The van der Waals surface area contributed by atoms with Gasteiger partial charge in [0.2, 0.25) is 0 Å². The number of hydrogen-bond donors (Lipinski definition) is 0. The first-order valence-electron chi connectivity index (χ1n) is 29.4. The first kappa shape index (κ1) is 50.4. The van der Waals surface area contributed by atoms with Gasteiger partial charge in [0.15, 0.2) is 0 Å².